The van der Waals surface area contributed by atoms with Crippen LogP contribution in [0.2, 0.25) is 0 Å². The Kier molecular flexibility index (Phi) is 5.56. The summed E-state index contributed by atoms with van der Waals surface area (Å²) in [5, 5.41) is 6.08. The van der Waals surface area contributed by atoms with Gasteiger partial charge in [-0.1, -0.05) is 6.07 Å². The minimum absolute atomic E-state index is 0.211. The molecule has 0 aliphatic carbocycles. The number of hydrogen-bond donors (Lipinski definition) is 2. The first-order chi connectivity index (χ1) is 13.0. The van der Waals surface area contributed by atoms with Crippen molar-refractivity contribution in [2.45, 2.75) is 0 Å². The van der Waals surface area contributed by atoms with Crippen molar-refractivity contribution in [3.63, 3.8) is 0 Å². The molecule has 0 unspecified atom stereocenters. The molecule has 1 aromatic heterocycles. The van der Waals surface area contributed by atoms with Gasteiger partial charge in [-0.2, -0.15) is 0 Å². The summed E-state index contributed by atoms with van der Waals surface area (Å²) in [4.78, 5) is 18.8. The Morgan fingerprint density at radius 3 is 2.48 bits per heavy atom. The number of anilines is 4. The lowest BCUT2D eigenvalue weighted by atomic mass is 10.2. The van der Waals surface area contributed by atoms with Gasteiger partial charge in [-0.3, -0.25) is 4.79 Å². The highest BCUT2D eigenvalue weighted by molar-refractivity contribution is 6.04. The Morgan fingerprint density at radius 1 is 1.00 bits per heavy atom. The van der Waals surface area contributed by atoms with Gasteiger partial charge in [-0.25, -0.2) is 4.98 Å². The van der Waals surface area contributed by atoms with Gasteiger partial charge in [0.2, 0.25) is 0 Å². The fraction of sp³-hybridized carbons (Fsp3) is 0.143. The first kappa shape index (κ1) is 18.3. The molecule has 0 saturated carbocycles. The molecule has 3 aromatic rings. The van der Waals surface area contributed by atoms with Gasteiger partial charge in [0.05, 0.1) is 7.11 Å². The minimum Gasteiger partial charge on any atom is -0.497 e. The lowest BCUT2D eigenvalue weighted by Gasteiger charge is -2.13. The van der Waals surface area contributed by atoms with Gasteiger partial charge < -0.3 is 20.3 Å². The van der Waals surface area contributed by atoms with E-state index < -0.39 is 0 Å². The number of rotatable bonds is 6. The van der Waals surface area contributed by atoms with Gasteiger partial charge in [0, 0.05) is 49.0 Å². The predicted molar refractivity (Wildman–Crippen MR) is 109 cm³/mol. The SMILES string of the molecule is COc1cccc(NC(=O)c2ccnc(Nc3ccc(N(C)C)cc3)c2)c1. The summed E-state index contributed by atoms with van der Waals surface area (Å²) >= 11 is 0. The van der Waals surface area contributed by atoms with E-state index in [9.17, 15) is 4.79 Å². The van der Waals surface area contributed by atoms with Crippen molar-refractivity contribution in [3.8, 4) is 5.75 Å². The van der Waals surface area contributed by atoms with Gasteiger partial charge in [-0.05, 0) is 48.5 Å². The fourth-order valence-electron chi connectivity index (χ4n) is 2.54. The molecule has 6 nitrogen and oxygen atoms in total. The van der Waals surface area contributed by atoms with Gasteiger partial charge >= 0.3 is 0 Å². The van der Waals surface area contributed by atoms with Crippen molar-refractivity contribution in [2.75, 3.05) is 36.7 Å². The largest absolute Gasteiger partial charge is 0.497 e. The third-order valence-corrected chi connectivity index (χ3v) is 4.01. The average Bonchev–Trinajstić information content (AvgIpc) is 2.68. The molecule has 0 aliphatic rings. The number of methoxy groups -OCH3 is 1. The van der Waals surface area contributed by atoms with Crippen LogP contribution in [0.3, 0.4) is 0 Å². The zero-order chi connectivity index (χ0) is 19.2. The molecule has 0 aliphatic heterocycles. The number of hydrogen-bond acceptors (Lipinski definition) is 5. The number of nitrogens with one attached hydrogen (secondary N) is 2. The minimum atomic E-state index is -0.211. The van der Waals surface area contributed by atoms with Crippen LogP contribution in [-0.2, 0) is 0 Å². The van der Waals surface area contributed by atoms with Crippen LogP contribution in [0.5, 0.6) is 5.75 Å². The maximum absolute atomic E-state index is 12.5. The lowest BCUT2D eigenvalue weighted by Crippen LogP contribution is -2.12. The van der Waals surface area contributed by atoms with Crippen LogP contribution in [0.4, 0.5) is 22.9 Å². The van der Waals surface area contributed by atoms with E-state index in [0.717, 1.165) is 11.4 Å². The number of nitrogens with zero attached hydrogens (tertiary/aromatic N) is 2. The summed E-state index contributed by atoms with van der Waals surface area (Å²) in [6.45, 7) is 0. The third kappa shape index (κ3) is 4.76. The predicted octanol–water partition coefficient (Wildman–Crippen LogP) is 4.15. The molecule has 0 spiro atoms. The topological polar surface area (TPSA) is 66.5 Å². The van der Waals surface area contributed by atoms with Crippen LogP contribution < -0.4 is 20.3 Å². The van der Waals surface area contributed by atoms with E-state index in [0.29, 0.717) is 22.8 Å². The zero-order valence-corrected chi connectivity index (χ0v) is 15.6. The summed E-state index contributed by atoms with van der Waals surface area (Å²) in [5.74, 6) is 1.08. The van der Waals surface area contributed by atoms with Crippen molar-refractivity contribution in [3.05, 3.63) is 72.4 Å². The van der Waals surface area contributed by atoms with Crippen molar-refractivity contribution >= 4 is 28.8 Å². The number of ether oxygens (including phenoxy) is 1. The second kappa shape index (κ2) is 8.23. The number of benzene rings is 2. The molecule has 138 valence electrons. The van der Waals surface area contributed by atoms with Crippen molar-refractivity contribution < 1.29 is 9.53 Å². The third-order valence-electron chi connectivity index (χ3n) is 4.01. The zero-order valence-electron chi connectivity index (χ0n) is 15.6. The molecule has 6 heteroatoms. The first-order valence-corrected chi connectivity index (χ1v) is 8.51. The van der Waals surface area contributed by atoms with E-state index in [1.165, 1.54) is 0 Å². The highest BCUT2D eigenvalue weighted by Gasteiger charge is 2.08. The fourth-order valence-corrected chi connectivity index (χ4v) is 2.54. The van der Waals surface area contributed by atoms with E-state index in [4.69, 9.17) is 4.74 Å². The monoisotopic (exact) mass is 362 g/mol. The van der Waals surface area contributed by atoms with E-state index in [1.807, 2.05) is 61.5 Å². The van der Waals surface area contributed by atoms with Gasteiger partial charge in [0.1, 0.15) is 11.6 Å². The smallest absolute Gasteiger partial charge is 0.255 e. The van der Waals surface area contributed by atoms with E-state index in [-0.39, 0.29) is 5.91 Å². The van der Waals surface area contributed by atoms with E-state index in [2.05, 4.69) is 15.6 Å². The highest BCUT2D eigenvalue weighted by atomic mass is 16.5. The number of aromatic nitrogens is 1. The van der Waals surface area contributed by atoms with Crippen LogP contribution >= 0.6 is 0 Å². The Labute approximate surface area is 158 Å². The molecule has 2 aromatic carbocycles. The molecule has 2 N–H and O–H groups in total. The summed E-state index contributed by atoms with van der Waals surface area (Å²) in [7, 11) is 5.58. The average molecular weight is 362 g/mol. The quantitative estimate of drug-likeness (QED) is 0.689. The molecule has 0 bridgehead atoms. The standard InChI is InChI=1S/C21H22N4O2/c1-25(2)18-9-7-16(8-10-18)23-20-13-15(11-12-22-20)21(26)24-17-5-4-6-19(14-17)27-3/h4-14H,1-3H3,(H,22,23)(H,24,26). The molecular formula is C21H22N4O2. The van der Waals surface area contributed by atoms with Crippen molar-refractivity contribution in [1.82, 2.24) is 4.98 Å². The van der Waals surface area contributed by atoms with Crippen LogP contribution in [0.25, 0.3) is 0 Å². The number of amides is 1. The summed E-state index contributed by atoms with van der Waals surface area (Å²) in [6, 6.07) is 18.6. The Bertz CT molecular complexity index is 923. The normalized spacial score (nSPS) is 10.2. The van der Waals surface area contributed by atoms with Crippen molar-refractivity contribution in [2.24, 2.45) is 0 Å². The molecular weight excluding hydrogens is 340 g/mol. The van der Waals surface area contributed by atoms with Crippen molar-refractivity contribution in [1.29, 1.82) is 0 Å². The van der Waals surface area contributed by atoms with Crippen LogP contribution in [0.15, 0.2) is 66.9 Å². The molecule has 1 heterocycles. The Balaban J connectivity index is 1.71. The number of carbonyl (C=O) groups is 1. The lowest BCUT2D eigenvalue weighted by molar-refractivity contribution is 0.102. The highest BCUT2D eigenvalue weighted by Crippen LogP contribution is 2.21. The number of pyridine rings is 1. The maximum Gasteiger partial charge on any atom is 0.255 e. The van der Waals surface area contributed by atoms with E-state index in [1.54, 1.807) is 31.5 Å². The van der Waals surface area contributed by atoms with Crippen LogP contribution in [-0.4, -0.2) is 32.1 Å². The summed E-state index contributed by atoms with van der Waals surface area (Å²) < 4.78 is 5.18. The Hall–Kier alpha value is -3.54. The summed E-state index contributed by atoms with van der Waals surface area (Å²) in [6.07, 6.45) is 1.61. The molecule has 0 radical (unpaired) electrons. The van der Waals surface area contributed by atoms with E-state index >= 15 is 0 Å². The number of carbonyl (C=O) groups excluding carboxylic acids is 1. The van der Waals surface area contributed by atoms with Crippen LogP contribution in [0, 0.1) is 0 Å². The molecule has 27 heavy (non-hydrogen) atoms. The molecule has 0 atom stereocenters. The van der Waals surface area contributed by atoms with Gasteiger partial charge in [0.15, 0.2) is 0 Å². The second-order valence-corrected chi connectivity index (χ2v) is 6.18. The maximum atomic E-state index is 12.5. The summed E-state index contributed by atoms with van der Waals surface area (Å²) in [5.41, 5.74) is 3.20. The second-order valence-electron chi connectivity index (χ2n) is 6.18. The molecule has 0 saturated heterocycles. The van der Waals surface area contributed by atoms with Crippen LogP contribution in [0.1, 0.15) is 10.4 Å². The first-order valence-electron chi connectivity index (χ1n) is 8.51. The van der Waals surface area contributed by atoms with Gasteiger partial charge in [0.25, 0.3) is 5.91 Å². The molecule has 0 fully saturated rings. The van der Waals surface area contributed by atoms with Gasteiger partial charge in [-0.15, -0.1) is 0 Å². The Morgan fingerprint density at radius 2 is 1.78 bits per heavy atom. The molecule has 1 amide bonds. The molecule has 3 rings (SSSR count).